The van der Waals surface area contributed by atoms with Crippen LogP contribution in [0.25, 0.3) is 10.1 Å². The summed E-state index contributed by atoms with van der Waals surface area (Å²) in [5.74, 6) is -0.0193. The van der Waals surface area contributed by atoms with Crippen molar-refractivity contribution in [1.82, 2.24) is 4.90 Å². The normalized spacial score (nSPS) is 19.7. The lowest BCUT2D eigenvalue weighted by atomic mass is 9.85. The van der Waals surface area contributed by atoms with Gasteiger partial charge in [-0.2, -0.15) is 13.2 Å². The van der Waals surface area contributed by atoms with Crippen molar-refractivity contribution in [3.8, 4) is 0 Å². The lowest BCUT2D eigenvalue weighted by molar-refractivity contribution is -0.666. The largest absolute Gasteiger partial charge is 1.00 e. The maximum absolute atomic E-state index is 13.1. The highest BCUT2D eigenvalue weighted by atomic mass is 35.5. The summed E-state index contributed by atoms with van der Waals surface area (Å²) in [6.07, 6.45) is -0.311. The molecular weight excluding hydrogens is 385 g/mol. The van der Waals surface area contributed by atoms with Gasteiger partial charge in [0.2, 0.25) is 0 Å². The molecule has 1 amide bonds. The van der Waals surface area contributed by atoms with Crippen molar-refractivity contribution in [1.29, 1.82) is 0 Å². The van der Waals surface area contributed by atoms with E-state index in [1.54, 1.807) is 6.07 Å². The van der Waals surface area contributed by atoms with Crippen molar-refractivity contribution < 1.29 is 35.7 Å². The number of thiophene rings is 1. The Kier molecular flexibility index (Phi) is 5.25. The fourth-order valence-electron chi connectivity index (χ4n) is 4.23. The maximum atomic E-state index is 13.1. The zero-order chi connectivity index (χ0) is 17.7. The van der Waals surface area contributed by atoms with Gasteiger partial charge in [0.05, 0.1) is 29.1 Å². The third-order valence-corrected chi connectivity index (χ3v) is 6.61. The van der Waals surface area contributed by atoms with Gasteiger partial charge in [-0.05, 0) is 36.4 Å². The molecule has 2 saturated heterocycles. The van der Waals surface area contributed by atoms with Gasteiger partial charge < -0.3 is 22.6 Å². The fourth-order valence-corrected chi connectivity index (χ4v) is 5.28. The van der Waals surface area contributed by atoms with E-state index in [4.69, 9.17) is 0 Å². The van der Waals surface area contributed by atoms with Gasteiger partial charge >= 0.3 is 6.18 Å². The van der Waals surface area contributed by atoms with Crippen LogP contribution in [0.4, 0.5) is 13.2 Å². The fraction of sp³-hybridized carbons (Fsp3) is 0.500. The third-order valence-electron chi connectivity index (χ3n) is 5.53. The van der Waals surface area contributed by atoms with Crippen LogP contribution in [0, 0.1) is 0 Å². The van der Waals surface area contributed by atoms with Gasteiger partial charge in [0, 0.05) is 24.1 Å². The van der Waals surface area contributed by atoms with Gasteiger partial charge in [0.1, 0.15) is 0 Å². The number of hydrogen-bond acceptors (Lipinski definition) is 2. The first-order valence-corrected chi connectivity index (χ1v) is 9.45. The van der Waals surface area contributed by atoms with Crippen LogP contribution >= 0.6 is 11.3 Å². The number of carbonyl (C=O) groups is 1. The standard InChI is InChI=1S/C18H19F3N2OS.ClH/c19-18(20,21)13-3-2-12-10-15(25-14(12)11-13)16(24)23-9-1-4-17(23)5-7-22-8-6-17;/h2-3,10-11,22H,1,4-9H2;1H. The minimum atomic E-state index is -4.36. The van der Waals surface area contributed by atoms with E-state index < -0.39 is 11.7 Å². The summed E-state index contributed by atoms with van der Waals surface area (Å²) in [4.78, 5) is 15.6. The smallest absolute Gasteiger partial charge is 0.416 e. The van der Waals surface area contributed by atoms with Crippen molar-refractivity contribution in [2.24, 2.45) is 0 Å². The molecular formula is C18H20ClF3N2OS. The average molecular weight is 405 g/mol. The molecule has 26 heavy (non-hydrogen) atoms. The predicted octanol–water partition coefficient (Wildman–Crippen LogP) is 0.256. The number of nitrogens with zero attached hydrogens (tertiary/aromatic N) is 1. The number of quaternary nitrogens is 1. The number of carbonyl (C=O) groups excluding carboxylic acids is 1. The summed E-state index contributed by atoms with van der Waals surface area (Å²) in [5.41, 5.74) is -0.708. The average Bonchev–Trinajstić information content (AvgIpc) is 3.17. The molecule has 0 atom stereocenters. The number of alkyl halides is 3. The second-order valence-electron chi connectivity index (χ2n) is 7.01. The summed E-state index contributed by atoms with van der Waals surface area (Å²) in [6, 6.07) is 5.42. The second kappa shape index (κ2) is 7.02. The highest BCUT2D eigenvalue weighted by molar-refractivity contribution is 7.20. The number of rotatable bonds is 1. The number of amides is 1. The molecule has 2 N–H and O–H groups in total. The van der Waals surface area contributed by atoms with Crippen LogP contribution in [0.15, 0.2) is 24.3 Å². The van der Waals surface area contributed by atoms with E-state index in [9.17, 15) is 18.0 Å². The van der Waals surface area contributed by atoms with Gasteiger partial charge in [-0.25, -0.2) is 0 Å². The van der Waals surface area contributed by atoms with Crippen LogP contribution in [-0.4, -0.2) is 36.0 Å². The summed E-state index contributed by atoms with van der Waals surface area (Å²) in [6.45, 7) is 2.82. The van der Waals surface area contributed by atoms with E-state index in [2.05, 4.69) is 5.32 Å². The first kappa shape index (κ1) is 19.5. The van der Waals surface area contributed by atoms with E-state index in [-0.39, 0.29) is 23.9 Å². The highest BCUT2D eigenvalue weighted by Gasteiger charge is 2.45. The molecule has 1 spiro atoms. The molecule has 0 saturated carbocycles. The molecule has 0 bridgehead atoms. The van der Waals surface area contributed by atoms with Gasteiger partial charge in [0.15, 0.2) is 0 Å². The maximum Gasteiger partial charge on any atom is 0.416 e. The van der Waals surface area contributed by atoms with Crippen LogP contribution in [0.2, 0.25) is 0 Å². The number of nitrogens with two attached hydrogens (primary N) is 1. The minimum absolute atomic E-state index is 0. The lowest BCUT2D eigenvalue weighted by Gasteiger charge is -2.40. The highest BCUT2D eigenvalue weighted by Crippen LogP contribution is 2.39. The van der Waals surface area contributed by atoms with Crippen molar-refractivity contribution in [3.63, 3.8) is 0 Å². The Bertz CT molecular complexity index is 814. The van der Waals surface area contributed by atoms with Gasteiger partial charge in [-0.3, -0.25) is 4.79 Å². The van der Waals surface area contributed by atoms with E-state index >= 15 is 0 Å². The number of likely N-dealkylation sites (tertiary alicyclic amines) is 1. The zero-order valence-electron chi connectivity index (χ0n) is 14.1. The molecule has 3 nitrogen and oxygen atoms in total. The molecule has 4 rings (SSSR count). The van der Waals surface area contributed by atoms with Crippen LogP contribution in [0.5, 0.6) is 0 Å². The van der Waals surface area contributed by atoms with Crippen molar-refractivity contribution in [2.75, 3.05) is 19.6 Å². The van der Waals surface area contributed by atoms with Crippen LogP contribution < -0.4 is 17.7 Å². The Morgan fingerprint density at radius 2 is 1.88 bits per heavy atom. The molecule has 3 heterocycles. The topological polar surface area (TPSA) is 36.9 Å². The third kappa shape index (κ3) is 3.32. The van der Waals surface area contributed by atoms with Crippen molar-refractivity contribution in [3.05, 3.63) is 34.7 Å². The molecule has 2 fully saturated rings. The number of fused-ring (bicyclic) bond motifs is 1. The quantitative estimate of drug-likeness (QED) is 0.727. The zero-order valence-corrected chi connectivity index (χ0v) is 15.7. The Hall–Kier alpha value is -1.31. The molecule has 1 aromatic heterocycles. The van der Waals surface area contributed by atoms with Crippen LogP contribution in [0.3, 0.4) is 0 Å². The monoisotopic (exact) mass is 404 g/mol. The Morgan fingerprint density at radius 1 is 1.15 bits per heavy atom. The van der Waals surface area contributed by atoms with Gasteiger partial charge in [-0.1, -0.05) is 6.07 Å². The van der Waals surface area contributed by atoms with E-state index in [1.807, 2.05) is 4.90 Å². The van der Waals surface area contributed by atoms with E-state index in [1.165, 1.54) is 17.4 Å². The first-order valence-electron chi connectivity index (χ1n) is 8.64. The van der Waals surface area contributed by atoms with Crippen molar-refractivity contribution >= 4 is 27.3 Å². The number of halogens is 4. The van der Waals surface area contributed by atoms with Gasteiger partial charge in [-0.15, -0.1) is 11.3 Å². The molecule has 0 unspecified atom stereocenters. The van der Waals surface area contributed by atoms with E-state index in [0.717, 1.165) is 57.5 Å². The van der Waals surface area contributed by atoms with Crippen LogP contribution in [0.1, 0.15) is 40.9 Å². The summed E-state index contributed by atoms with van der Waals surface area (Å²) >= 11 is 1.17. The Labute approximate surface area is 160 Å². The SMILES string of the molecule is O=C(c1cc2ccc(C(F)(F)F)cc2s1)N1CCCC12CC[NH2+]CC2.[Cl-]. The number of hydrogen-bond donors (Lipinski definition) is 1. The van der Waals surface area contributed by atoms with E-state index in [0.29, 0.717) is 15.0 Å². The number of piperidine rings is 1. The predicted molar refractivity (Wildman–Crippen MR) is 90.7 cm³/mol. The molecule has 0 radical (unpaired) electrons. The molecule has 2 aliphatic heterocycles. The summed E-state index contributed by atoms with van der Waals surface area (Å²) in [7, 11) is 0. The molecule has 0 aliphatic carbocycles. The molecule has 2 aliphatic rings. The van der Waals surface area contributed by atoms with Gasteiger partial charge in [0.25, 0.3) is 5.91 Å². The second-order valence-corrected chi connectivity index (χ2v) is 8.10. The Morgan fingerprint density at radius 3 is 2.58 bits per heavy atom. The number of benzene rings is 1. The summed E-state index contributed by atoms with van der Waals surface area (Å²) < 4.78 is 39.2. The molecule has 8 heteroatoms. The molecule has 142 valence electrons. The minimum Gasteiger partial charge on any atom is -1.00 e. The Balaban J connectivity index is 0.00000196. The molecule has 1 aromatic carbocycles. The molecule has 2 aromatic rings. The lowest BCUT2D eigenvalue weighted by Crippen LogP contribution is -3.00. The van der Waals surface area contributed by atoms with Crippen molar-refractivity contribution in [2.45, 2.75) is 37.4 Å². The van der Waals surface area contributed by atoms with Crippen LogP contribution in [-0.2, 0) is 6.18 Å². The summed E-state index contributed by atoms with van der Waals surface area (Å²) in [5, 5.41) is 2.98. The first-order chi connectivity index (χ1) is 11.9.